The van der Waals surface area contributed by atoms with Gasteiger partial charge in [-0.05, 0) is 31.5 Å². The van der Waals surface area contributed by atoms with E-state index in [-0.39, 0.29) is 11.4 Å². The van der Waals surface area contributed by atoms with E-state index in [2.05, 4.69) is 15.3 Å². The molecule has 3 aromatic rings. The van der Waals surface area contributed by atoms with Crippen LogP contribution in [0.3, 0.4) is 0 Å². The molecular formula is C16H13F2N3OS2. The number of fused-ring (bicyclic) bond motifs is 1. The second kappa shape index (κ2) is 6.82. The van der Waals surface area contributed by atoms with Crippen LogP contribution >= 0.6 is 23.1 Å². The van der Waals surface area contributed by atoms with E-state index in [0.29, 0.717) is 5.03 Å². The molecule has 0 saturated heterocycles. The van der Waals surface area contributed by atoms with Crippen LogP contribution < -0.4 is 5.32 Å². The number of rotatable bonds is 4. The van der Waals surface area contributed by atoms with Crippen molar-refractivity contribution in [1.82, 2.24) is 9.97 Å². The molecule has 0 aliphatic carbocycles. The van der Waals surface area contributed by atoms with Gasteiger partial charge in [0.25, 0.3) is 0 Å². The topological polar surface area (TPSA) is 54.9 Å². The standard InChI is InChI=1S/C16H13F2N3OS2/c1-8-9(2)24-16-14(8)15(19-7-20-16)23-6-13(22)21-12-5-10(17)3-4-11(12)18/h3-5,7H,6H2,1-2H3,(H,21,22). The van der Waals surface area contributed by atoms with E-state index >= 15 is 0 Å². The molecule has 1 N–H and O–H groups in total. The lowest BCUT2D eigenvalue weighted by atomic mass is 10.2. The van der Waals surface area contributed by atoms with Crippen molar-refractivity contribution in [3.8, 4) is 0 Å². The van der Waals surface area contributed by atoms with Crippen LogP contribution in [0, 0.1) is 25.5 Å². The lowest BCUT2D eigenvalue weighted by molar-refractivity contribution is -0.113. The summed E-state index contributed by atoms with van der Waals surface area (Å²) in [5.74, 6) is -1.68. The van der Waals surface area contributed by atoms with Crippen LogP contribution in [0.25, 0.3) is 10.2 Å². The molecule has 0 radical (unpaired) electrons. The molecule has 4 nitrogen and oxygen atoms in total. The van der Waals surface area contributed by atoms with Gasteiger partial charge >= 0.3 is 0 Å². The number of carbonyl (C=O) groups excluding carboxylic acids is 1. The summed E-state index contributed by atoms with van der Waals surface area (Å²) in [4.78, 5) is 22.5. The second-order valence-corrected chi connectivity index (χ2v) is 7.27. The Morgan fingerprint density at radius 2 is 2.08 bits per heavy atom. The minimum absolute atomic E-state index is 0.0381. The molecule has 0 fully saturated rings. The van der Waals surface area contributed by atoms with Gasteiger partial charge in [-0.25, -0.2) is 18.7 Å². The third-order valence-corrected chi connectivity index (χ3v) is 5.58. The van der Waals surface area contributed by atoms with Gasteiger partial charge in [0.15, 0.2) is 0 Å². The zero-order valence-electron chi connectivity index (χ0n) is 12.9. The van der Waals surface area contributed by atoms with E-state index in [1.165, 1.54) is 18.1 Å². The van der Waals surface area contributed by atoms with Gasteiger partial charge in [-0.3, -0.25) is 4.79 Å². The molecule has 8 heteroatoms. The number of anilines is 1. The number of nitrogens with zero attached hydrogens (tertiary/aromatic N) is 2. The number of hydrogen-bond acceptors (Lipinski definition) is 5. The van der Waals surface area contributed by atoms with E-state index in [4.69, 9.17) is 0 Å². The summed E-state index contributed by atoms with van der Waals surface area (Å²) in [6.45, 7) is 4.00. The van der Waals surface area contributed by atoms with Gasteiger partial charge in [0, 0.05) is 16.3 Å². The number of thiophene rings is 1. The highest BCUT2D eigenvalue weighted by molar-refractivity contribution is 8.00. The maximum Gasteiger partial charge on any atom is 0.234 e. The molecule has 2 heterocycles. The van der Waals surface area contributed by atoms with Crippen molar-refractivity contribution < 1.29 is 13.6 Å². The number of aromatic nitrogens is 2. The van der Waals surface area contributed by atoms with Gasteiger partial charge < -0.3 is 5.32 Å². The van der Waals surface area contributed by atoms with Crippen molar-refractivity contribution in [2.45, 2.75) is 18.9 Å². The number of halogens is 2. The van der Waals surface area contributed by atoms with Crippen LogP contribution in [0.15, 0.2) is 29.6 Å². The first-order chi connectivity index (χ1) is 11.5. The van der Waals surface area contributed by atoms with Crippen molar-refractivity contribution in [1.29, 1.82) is 0 Å². The highest BCUT2D eigenvalue weighted by Gasteiger charge is 2.14. The highest BCUT2D eigenvalue weighted by Crippen LogP contribution is 2.34. The number of hydrogen-bond donors (Lipinski definition) is 1. The average molecular weight is 365 g/mol. The van der Waals surface area contributed by atoms with Crippen molar-refractivity contribution in [3.63, 3.8) is 0 Å². The molecule has 1 aromatic carbocycles. The Labute approximate surface area is 145 Å². The highest BCUT2D eigenvalue weighted by atomic mass is 32.2. The lowest BCUT2D eigenvalue weighted by Gasteiger charge is -2.07. The first-order valence-electron chi connectivity index (χ1n) is 7.04. The summed E-state index contributed by atoms with van der Waals surface area (Å²) in [6, 6.07) is 2.93. The number of thioether (sulfide) groups is 1. The first kappa shape index (κ1) is 16.8. The molecule has 2 aromatic heterocycles. The minimum Gasteiger partial charge on any atom is -0.323 e. The first-order valence-corrected chi connectivity index (χ1v) is 8.84. The molecule has 0 aliphatic heterocycles. The zero-order valence-corrected chi connectivity index (χ0v) is 14.5. The van der Waals surface area contributed by atoms with Crippen molar-refractivity contribution >= 4 is 44.9 Å². The fourth-order valence-corrected chi connectivity index (χ4v) is 4.09. The third kappa shape index (κ3) is 3.39. The van der Waals surface area contributed by atoms with Crippen molar-refractivity contribution in [3.05, 3.63) is 46.6 Å². The summed E-state index contributed by atoms with van der Waals surface area (Å²) < 4.78 is 26.7. The molecule has 0 saturated carbocycles. The summed E-state index contributed by atoms with van der Waals surface area (Å²) in [6.07, 6.45) is 1.46. The Balaban J connectivity index is 1.74. The van der Waals surface area contributed by atoms with Crippen LogP contribution in [0.4, 0.5) is 14.5 Å². The number of nitrogens with one attached hydrogen (secondary N) is 1. The van der Waals surface area contributed by atoms with Gasteiger partial charge in [-0.1, -0.05) is 11.8 Å². The van der Waals surface area contributed by atoms with Gasteiger partial charge in [0.2, 0.25) is 5.91 Å². The maximum atomic E-state index is 13.5. The third-order valence-electron chi connectivity index (χ3n) is 3.47. The Kier molecular flexibility index (Phi) is 4.77. The fourth-order valence-electron chi connectivity index (χ4n) is 2.17. The summed E-state index contributed by atoms with van der Waals surface area (Å²) in [5.41, 5.74) is 0.922. The van der Waals surface area contributed by atoms with Crippen LogP contribution in [-0.4, -0.2) is 21.6 Å². The van der Waals surface area contributed by atoms with Crippen LogP contribution in [0.2, 0.25) is 0 Å². The second-order valence-electron chi connectivity index (χ2n) is 5.10. The Morgan fingerprint density at radius 1 is 1.29 bits per heavy atom. The minimum atomic E-state index is -0.677. The van der Waals surface area contributed by atoms with E-state index in [1.54, 1.807) is 11.3 Å². The maximum absolute atomic E-state index is 13.5. The number of carbonyl (C=O) groups is 1. The molecule has 3 rings (SSSR count). The smallest absolute Gasteiger partial charge is 0.234 e. The normalized spacial score (nSPS) is 11.0. The number of benzene rings is 1. The van der Waals surface area contributed by atoms with Crippen molar-refractivity contribution in [2.24, 2.45) is 0 Å². The number of amides is 1. The van der Waals surface area contributed by atoms with Gasteiger partial charge in [0.05, 0.1) is 11.4 Å². The molecule has 0 unspecified atom stereocenters. The molecule has 0 spiro atoms. The summed E-state index contributed by atoms with van der Waals surface area (Å²) in [5, 5.41) is 4.02. The molecule has 0 aliphatic rings. The summed E-state index contributed by atoms with van der Waals surface area (Å²) >= 11 is 2.82. The fraction of sp³-hybridized carbons (Fsp3) is 0.188. The summed E-state index contributed by atoms with van der Waals surface area (Å²) in [7, 11) is 0. The zero-order chi connectivity index (χ0) is 17.3. The quantitative estimate of drug-likeness (QED) is 0.553. The molecule has 124 valence electrons. The number of aryl methyl sites for hydroxylation is 2. The Bertz CT molecular complexity index is 927. The van der Waals surface area contributed by atoms with E-state index in [0.717, 1.165) is 38.9 Å². The van der Waals surface area contributed by atoms with Gasteiger partial charge in [0.1, 0.15) is 27.8 Å². The van der Waals surface area contributed by atoms with Crippen LogP contribution in [-0.2, 0) is 4.79 Å². The van der Waals surface area contributed by atoms with Crippen LogP contribution in [0.5, 0.6) is 0 Å². The molecule has 0 atom stereocenters. The van der Waals surface area contributed by atoms with Gasteiger partial charge in [-0.2, -0.15) is 0 Å². The molecule has 1 amide bonds. The largest absolute Gasteiger partial charge is 0.323 e. The Morgan fingerprint density at radius 3 is 2.88 bits per heavy atom. The average Bonchev–Trinajstić information content (AvgIpc) is 2.84. The van der Waals surface area contributed by atoms with E-state index in [9.17, 15) is 13.6 Å². The van der Waals surface area contributed by atoms with E-state index in [1.807, 2.05) is 13.8 Å². The van der Waals surface area contributed by atoms with Gasteiger partial charge in [-0.15, -0.1) is 11.3 Å². The monoisotopic (exact) mass is 365 g/mol. The van der Waals surface area contributed by atoms with Crippen molar-refractivity contribution in [2.75, 3.05) is 11.1 Å². The van der Waals surface area contributed by atoms with E-state index < -0.39 is 17.5 Å². The van der Waals surface area contributed by atoms with Crippen LogP contribution in [0.1, 0.15) is 10.4 Å². The molecule has 24 heavy (non-hydrogen) atoms. The predicted octanol–water partition coefficient (Wildman–Crippen LogP) is 4.32. The lowest BCUT2D eigenvalue weighted by Crippen LogP contribution is -2.15. The predicted molar refractivity (Wildman–Crippen MR) is 92.6 cm³/mol. The Hall–Kier alpha value is -2.06. The molecule has 0 bridgehead atoms. The SMILES string of the molecule is Cc1sc2ncnc(SCC(=O)Nc3cc(F)ccc3F)c2c1C. The molecular weight excluding hydrogens is 352 g/mol.